The highest BCUT2D eigenvalue weighted by Crippen LogP contribution is 2.30. The van der Waals surface area contributed by atoms with Crippen molar-refractivity contribution in [3.8, 4) is 11.6 Å². The topological polar surface area (TPSA) is 126 Å². The highest BCUT2D eigenvalue weighted by Gasteiger charge is 2.29. The Balaban J connectivity index is 0.000000198. The predicted molar refractivity (Wildman–Crippen MR) is 141 cm³/mol. The molecular weight excluding hydrogens is 460 g/mol. The fourth-order valence-electron chi connectivity index (χ4n) is 3.31. The number of benzene rings is 2. The van der Waals surface area contributed by atoms with Crippen molar-refractivity contribution in [2.24, 2.45) is 5.92 Å². The number of aromatic nitrogens is 4. The normalized spacial score (nSPS) is 12.0. The van der Waals surface area contributed by atoms with E-state index >= 15 is 0 Å². The lowest BCUT2D eigenvalue weighted by Gasteiger charge is -2.04. The highest BCUT2D eigenvalue weighted by atomic mass is 16.5. The second kappa shape index (κ2) is 13.1. The van der Waals surface area contributed by atoms with Crippen LogP contribution in [0.3, 0.4) is 0 Å². The Morgan fingerprint density at radius 1 is 1.11 bits per heavy atom. The van der Waals surface area contributed by atoms with Crippen LogP contribution in [0.2, 0.25) is 0 Å². The third kappa shape index (κ3) is 6.98. The van der Waals surface area contributed by atoms with Crippen molar-refractivity contribution in [2.45, 2.75) is 33.2 Å². The van der Waals surface area contributed by atoms with Crippen LogP contribution < -0.4 is 20.1 Å². The zero-order chi connectivity index (χ0) is 25.9. The van der Waals surface area contributed by atoms with E-state index in [1.807, 2.05) is 62.4 Å². The Morgan fingerprint density at radius 2 is 1.83 bits per heavy atom. The van der Waals surface area contributed by atoms with Crippen LogP contribution >= 0.6 is 0 Å². The molecule has 2 aromatic carbocycles. The summed E-state index contributed by atoms with van der Waals surface area (Å²) in [5.41, 5.74) is 2.50. The molecule has 0 unspecified atom stereocenters. The number of H-pyrrole nitrogens is 1. The van der Waals surface area contributed by atoms with Crippen LogP contribution in [0.5, 0.6) is 11.6 Å². The number of nitrogens with zero attached hydrogens (tertiary/aromatic N) is 3. The minimum absolute atomic E-state index is 0.0234. The lowest BCUT2D eigenvalue weighted by Crippen LogP contribution is -2.12. The summed E-state index contributed by atoms with van der Waals surface area (Å²) in [5, 5.41) is 27.4. The van der Waals surface area contributed by atoms with Crippen molar-refractivity contribution in [2.75, 3.05) is 31.5 Å². The van der Waals surface area contributed by atoms with E-state index in [0.717, 1.165) is 35.2 Å². The molecule has 2 heterocycles. The van der Waals surface area contributed by atoms with E-state index in [2.05, 4.69) is 25.9 Å². The summed E-state index contributed by atoms with van der Waals surface area (Å²) in [5.74, 6) is 2.36. The van der Waals surface area contributed by atoms with Gasteiger partial charge in [0.2, 0.25) is 5.91 Å². The summed E-state index contributed by atoms with van der Waals surface area (Å²) in [7, 11) is 3.18. The van der Waals surface area contributed by atoms with Crippen LogP contribution in [-0.2, 0) is 11.3 Å². The first kappa shape index (κ1) is 26.6. The van der Waals surface area contributed by atoms with E-state index in [4.69, 9.17) is 14.6 Å². The number of nitrogens with one attached hydrogen (secondary N) is 3. The molecule has 1 aliphatic rings. The van der Waals surface area contributed by atoms with Gasteiger partial charge in [-0.05, 0) is 49.2 Å². The van der Waals surface area contributed by atoms with Gasteiger partial charge in [-0.2, -0.15) is 5.10 Å². The van der Waals surface area contributed by atoms with Gasteiger partial charge in [0.25, 0.3) is 5.88 Å². The van der Waals surface area contributed by atoms with E-state index in [9.17, 15) is 4.79 Å². The number of hydrogen-bond donors (Lipinski definition) is 4. The standard InChI is InChI=1S/C13H15N5O2.C11H13NO2.C2H6/c1-20-13-11(8-18(17-13)6-7-19)14-12-9-4-2-3-5-10(9)15-16-12;1-14-10-6-4-9(5-7-10)12-11(13)8-2-3-8;1-2/h2-5,8,19H,6-7H2,1H3,(H2,14,15,16);4-8H,2-3H2,1H3,(H,12,13);1-2H3. The van der Waals surface area contributed by atoms with Crippen molar-refractivity contribution in [3.05, 3.63) is 54.7 Å². The number of ether oxygens (including phenoxy) is 2. The van der Waals surface area contributed by atoms with E-state index in [1.165, 1.54) is 0 Å². The molecule has 0 saturated heterocycles. The molecule has 10 nitrogen and oxygen atoms in total. The van der Waals surface area contributed by atoms with Gasteiger partial charge >= 0.3 is 0 Å². The lowest BCUT2D eigenvalue weighted by atomic mass is 10.2. The number of carbonyl (C=O) groups excluding carboxylic acids is 1. The van der Waals surface area contributed by atoms with Crippen molar-refractivity contribution in [1.82, 2.24) is 20.0 Å². The third-order valence-corrected chi connectivity index (χ3v) is 5.28. The number of carbonyl (C=O) groups is 1. The number of para-hydroxylation sites is 1. The molecule has 2 aromatic heterocycles. The Labute approximate surface area is 210 Å². The van der Waals surface area contributed by atoms with Gasteiger partial charge in [-0.25, -0.2) is 0 Å². The van der Waals surface area contributed by atoms with Crippen molar-refractivity contribution in [3.63, 3.8) is 0 Å². The van der Waals surface area contributed by atoms with Crippen LogP contribution in [0.4, 0.5) is 17.2 Å². The molecule has 0 radical (unpaired) electrons. The zero-order valence-electron chi connectivity index (χ0n) is 21.1. The molecule has 0 atom stereocenters. The molecule has 1 saturated carbocycles. The van der Waals surface area contributed by atoms with Gasteiger partial charge in [-0.1, -0.05) is 26.0 Å². The van der Waals surface area contributed by atoms with Crippen molar-refractivity contribution < 1.29 is 19.4 Å². The first-order valence-electron chi connectivity index (χ1n) is 12.0. The van der Waals surface area contributed by atoms with Gasteiger partial charge in [-0.3, -0.25) is 14.6 Å². The van der Waals surface area contributed by atoms with Crippen LogP contribution in [0, 0.1) is 5.92 Å². The SMILES string of the molecule is CC.COc1ccc(NC(=O)C2CC2)cc1.COc1nn(CCO)cc1Nc1n[nH]c2ccccc12. The molecule has 192 valence electrons. The second-order valence-corrected chi connectivity index (χ2v) is 7.77. The third-order valence-electron chi connectivity index (χ3n) is 5.28. The number of aliphatic hydroxyl groups is 1. The van der Waals surface area contributed by atoms with Gasteiger partial charge in [0.1, 0.15) is 11.4 Å². The Bertz CT molecular complexity index is 1230. The first-order valence-corrected chi connectivity index (χ1v) is 12.0. The van der Waals surface area contributed by atoms with Gasteiger partial charge in [0.15, 0.2) is 5.82 Å². The van der Waals surface area contributed by atoms with Crippen molar-refractivity contribution in [1.29, 1.82) is 0 Å². The van der Waals surface area contributed by atoms with Gasteiger partial charge in [0, 0.05) is 17.0 Å². The van der Waals surface area contributed by atoms with Crippen LogP contribution in [-0.4, -0.2) is 51.8 Å². The van der Waals surface area contributed by atoms with Gasteiger partial charge < -0.3 is 25.2 Å². The molecule has 36 heavy (non-hydrogen) atoms. The van der Waals surface area contributed by atoms with Crippen LogP contribution in [0.25, 0.3) is 10.9 Å². The molecule has 4 N–H and O–H groups in total. The molecular formula is C26H34N6O4. The molecule has 1 amide bonds. The first-order chi connectivity index (χ1) is 17.6. The summed E-state index contributed by atoms with van der Waals surface area (Å²) in [6, 6.07) is 15.2. The lowest BCUT2D eigenvalue weighted by molar-refractivity contribution is -0.117. The highest BCUT2D eigenvalue weighted by molar-refractivity contribution is 5.94. The van der Waals surface area contributed by atoms with E-state index < -0.39 is 0 Å². The summed E-state index contributed by atoms with van der Waals surface area (Å²) >= 11 is 0. The number of aromatic amines is 1. The Hall–Kier alpha value is -4.05. The minimum Gasteiger partial charge on any atom is -0.497 e. The minimum atomic E-state index is 0.0234. The number of rotatable bonds is 8. The Kier molecular flexibility index (Phi) is 9.70. The molecule has 5 rings (SSSR count). The number of amides is 1. The fraction of sp³-hybridized carbons (Fsp3) is 0.346. The molecule has 10 heteroatoms. The van der Waals surface area contributed by atoms with Crippen molar-refractivity contribution >= 4 is 34.0 Å². The number of anilines is 3. The number of hydrogen-bond acceptors (Lipinski definition) is 7. The molecule has 0 bridgehead atoms. The number of fused-ring (bicyclic) bond motifs is 1. The Morgan fingerprint density at radius 3 is 2.47 bits per heavy atom. The zero-order valence-corrected chi connectivity index (χ0v) is 21.1. The molecule has 4 aromatic rings. The molecule has 1 aliphatic carbocycles. The summed E-state index contributed by atoms with van der Waals surface area (Å²) < 4.78 is 11.9. The van der Waals surface area contributed by atoms with E-state index in [-0.39, 0.29) is 18.4 Å². The van der Waals surface area contributed by atoms with E-state index in [0.29, 0.717) is 23.9 Å². The van der Waals surface area contributed by atoms with Gasteiger partial charge in [0.05, 0.1) is 39.1 Å². The van der Waals surface area contributed by atoms with Gasteiger partial charge in [-0.15, -0.1) is 5.10 Å². The summed E-state index contributed by atoms with van der Waals surface area (Å²) in [6.07, 6.45) is 3.84. The average molecular weight is 495 g/mol. The quantitative estimate of drug-likeness (QED) is 0.283. The maximum Gasteiger partial charge on any atom is 0.256 e. The molecule has 0 spiro atoms. The predicted octanol–water partition coefficient (Wildman–Crippen LogP) is 4.57. The van der Waals surface area contributed by atoms with E-state index in [1.54, 1.807) is 25.1 Å². The fourth-order valence-corrected chi connectivity index (χ4v) is 3.31. The summed E-state index contributed by atoms with van der Waals surface area (Å²) in [6.45, 7) is 4.44. The molecule has 1 fully saturated rings. The molecule has 0 aliphatic heterocycles. The smallest absolute Gasteiger partial charge is 0.256 e. The van der Waals surface area contributed by atoms with Crippen LogP contribution in [0.15, 0.2) is 54.7 Å². The maximum atomic E-state index is 11.4. The maximum absolute atomic E-state index is 11.4. The monoisotopic (exact) mass is 494 g/mol. The number of aliphatic hydroxyl groups excluding tert-OH is 1. The largest absolute Gasteiger partial charge is 0.497 e. The summed E-state index contributed by atoms with van der Waals surface area (Å²) in [4.78, 5) is 11.4. The second-order valence-electron chi connectivity index (χ2n) is 7.77. The van der Waals surface area contributed by atoms with Crippen LogP contribution in [0.1, 0.15) is 26.7 Å². The number of methoxy groups -OCH3 is 2. The average Bonchev–Trinajstić information content (AvgIpc) is 3.60.